The third-order valence-electron chi connectivity index (χ3n) is 4.14. The molecule has 2 amide bonds. The van der Waals surface area contributed by atoms with E-state index in [2.05, 4.69) is 26.2 Å². The normalized spacial score (nSPS) is 17.2. The van der Waals surface area contributed by atoms with Gasteiger partial charge in [-0.2, -0.15) is 0 Å². The predicted molar refractivity (Wildman–Crippen MR) is 96.9 cm³/mol. The van der Waals surface area contributed by atoms with E-state index >= 15 is 0 Å². The Kier molecular flexibility index (Phi) is 4.66. The Labute approximate surface area is 149 Å². The number of aromatic nitrogens is 1. The molecule has 1 N–H and O–H groups in total. The van der Waals surface area contributed by atoms with Gasteiger partial charge in [-0.1, -0.05) is 17.7 Å². The van der Waals surface area contributed by atoms with Crippen molar-refractivity contribution >= 4 is 39.2 Å². The van der Waals surface area contributed by atoms with Crippen LogP contribution in [-0.4, -0.2) is 23.3 Å². The van der Waals surface area contributed by atoms with Crippen molar-refractivity contribution in [2.24, 2.45) is 5.92 Å². The van der Waals surface area contributed by atoms with Gasteiger partial charge in [-0.15, -0.1) is 0 Å². The Bertz CT molecular complexity index is 789. The summed E-state index contributed by atoms with van der Waals surface area (Å²) < 4.78 is 0.891. The van der Waals surface area contributed by atoms with Crippen LogP contribution in [0, 0.1) is 19.8 Å². The highest BCUT2D eigenvalue weighted by Crippen LogP contribution is 2.26. The van der Waals surface area contributed by atoms with Crippen molar-refractivity contribution < 1.29 is 9.59 Å². The van der Waals surface area contributed by atoms with Crippen LogP contribution in [0.5, 0.6) is 0 Å². The zero-order chi connectivity index (χ0) is 17.3. The van der Waals surface area contributed by atoms with E-state index in [0.29, 0.717) is 12.4 Å². The van der Waals surface area contributed by atoms with E-state index in [1.165, 1.54) is 0 Å². The Morgan fingerprint density at radius 1 is 1.29 bits per heavy atom. The molecule has 3 rings (SSSR count). The number of nitrogens with zero attached hydrogens (tertiary/aromatic N) is 2. The van der Waals surface area contributed by atoms with Gasteiger partial charge in [-0.3, -0.25) is 9.59 Å². The maximum Gasteiger partial charge on any atom is 0.230 e. The first kappa shape index (κ1) is 16.6. The molecule has 2 aromatic rings. The molecular weight excluding hydrogens is 370 g/mol. The lowest BCUT2D eigenvalue weighted by Gasteiger charge is -2.17. The number of hydrogen-bond acceptors (Lipinski definition) is 3. The van der Waals surface area contributed by atoms with Crippen LogP contribution in [0.25, 0.3) is 0 Å². The molecule has 6 heteroatoms. The smallest absolute Gasteiger partial charge is 0.230 e. The van der Waals surface area contributed by atoms with E-state index in [1.807, 2.05) is 38.1 Å². The molecule has 0 bridgehead atoms. The number of carbonyl (C=O) groups is 2. The second-order valence-corrected chi connectivity index (χ2v) is 6.90. The van der Waals surface area contributed by atoms with Crippen LogP contribution in [-0.2, 0) is 9.59 Å². The van der Waals surface area contributed by atoms with E-state index in [0.717, 1.165) is 21.3 Å². The number of pyridine rings is 1. The van der Waals surface area contributed by atoms with Gasteiger partial charge in [-0.05, 0) is 53.5 Å². The molecule has 1 atom stereocenters. The molecule has 1 saturated heterocycles. The zero-order valence-corrected chi connectivity index (χ0v) is 15.1. The van der Waals surface area contributed by atoms with E-state index in [9.17, 15) is 9.59 Å². The summed E-state index contributed by atoms with van der Waals surface area (Å²) in [4.78, 5) is 30.5. The molecule has 0 radical (unpaired) electrons. The molecule has 1 aliphatic heterocycles. The number of benzene rings is 1. The van der Waals surface area contributed by atoms with Gasteiger partial charge < -0.3 is 10.2 Å². The van der Waals surface area contributed by atoms with Gasteiger partial charge in [0.05, 0.1) is 5.92 Å². The standard InChI is InChI=1S/C18H18BrN3O2/c1-11-3-5-14(6-4-11)22-10-13(8-17(22)23)18(24)21-16-7-12(2)15(19)9-20-16/h3-7,9,13H,8,10H2,1-2H3,(H,20,21,24). The van der Waals surface area contributed by atoms with Gasteiger partial charge in [-0.25, -0.2) is 4.98 Å². The fourth-order valence-corrected chi connectivity index (χ4v) is 2.91. The van der Waals surface area contributed by atoms with Crippen LogP contribution < -0.4 is 10.2 Å². The second kappa shape index (κ2) is 6.73. The van der Waals surface area contributed by atoms with Crippen molar-refractivity contribution in [2.45, 2.75) is 20.3 Å². The highest BCUT2D eigenvalue weighted by atomic mass is 79.9. The van der Waals surface area contributed by atoms with Gasteiger partial charge in [0.2, 0.25) is 11.8 Å². The summed E-state index contributed by atoms with van der Waals surface area (Å²) in [6, 6.07) is 9.55. The van der Waals surface area contributed by atoms with Gasteiger partial charge in [0.1, 0.15) is 5.82 Å². The molecule has 5 nitrogen and oxygen atoms in total. The third kappa shape index (κ3) is 3.48. The van der Waals surface area contributed by atoms with E-state index < -0.39 is 0 Å². The molecular formula is C18H18BrN3O2. The van der Waals surface area contributed by atoms with E-state index in [4.69, 9.17) is 0 Å². The van der Waals surface area contributed by atoms with Crippen LogP contribution in [0.2, 0.25) is 0 Å². The summed E-state index contributed by atoms with van der Waals surface area (Å²) in [5.74, 6) is -0.0716. The molecule has 2 heterocycles. The molecule has 0 aliphatic carbocycles. The number of hydrogen-bond donors (Lipinski definition) is 1. The van der Waals surface area contributed by atoms with E-state index in [1.54, 1.807) is 17.2 Å². The largest absolute Gasteiger partial charge is 0.312 e. The topological polar surface area (TPSA) is 62.3 Å². The van der Waals surface area contributed by atoms with Gasteiger partial charge in [0.15, 0.2) is 0 Å². The average Bonchev–Trinajstić information content (AvgIpc) is 2.94. The number of rotatable bonds is 3. The lowest BCUT2D eigenvalue weighted by molar-refractivity contribution is -0.122. The first-order chi connectivity index (χ1) is 11.4. The van der Waals surface area contributed by atoms with Crippen LogP contribution in [0.4, 0.5) is 11.5 Å². The summed E-state index contributed by atoms with van der Waals surface area (Å²) in [6.07, 6.45) is 1.87. The maximum absolute atomic E-state index is 12.4. The number of carbonyl (C=O) groups excluding carboxylic acids is 2. The van der Waals surface area contributed by atoms with Crippen molar-refractivity contribution in [3.8, 4) is 0 Å². The second-order valence-electron chi connectivity index (χ2n) is 6.05. The van der Waals surface area contributed by atoms with Crippen LogP contribution in [0.1, 0.15) is 17.5 Å². The minimum absolute atomic E-state index is 0.0288. The van der Waals surface area contributed by atoms with Crippen molar-refractivity contribution in [2.75, 3.05) is 16.8 Å². The average molecular weight is 388 g/mol. The van der Waals surface area contributed by atoms with Crippen molar-refractivity contribution in [3.05, 3.63) is 52.1 Å². The predicted octanol–water partition coefficient (Wildman–Crippen LogP) is 3.45. The monoisotopic (exact) mass is 387 g/mol. The van der Waals surface area contributed by atoms with Gasteiger partial charge >= 0.3 is 0 Å². The molecule has 0 saturated carbocycles. The Balaban J connectivity index is 1.69. The Morgan fingerprint density at radius 2 is 2.00 bits per heavy atom. The highest BCUT2D eigenvalue weighted by molar-refractivity contribution is 9.10. The van der Waals surface area contributed by atoms with Crippen molar-refractivity contribution in [3.63, 3.8) is 0 Å². The van der Waals surface area contributed by atoms with Crippen LogP contribution >= 0.6 is 15.9 Å². The van der Waals surface area contributed by atoms with Gasteiger partial charge in [0, 0.05) is 29.3 Å². The fourth-order valence-electron chi connectivity index (χ4n) is 2.69. The summed E-state index contributed by atoms with van der Waals surface area (Å²) in [5.41, 5.74) is 2.96. The fraction of sp³-hybridized carbons (Fsp3) is 0.278. The molecule has 1 fully saturated rings. The summed E-state index contributed by atoms with van der Waals surface area (Å²) >= 11 is 3.38. The van der Waals surface area contributed by atoms with Crippen LogP contribution in [0.3, 0.4) is 0 Å². The van der Waals surface area contributed by atoms with Gasteiger partial charge in [0.25, 0.3) is 0 Å². The van der Waals surface area contributed by atoms with Crippen molar-refractivity contribution in [1.29, 1.82) is 0 Å². The molecule has 0 spiro atoms. The minimum Gasteiger partial charge on any atom is -0.312 e. The third-order valence-corrected chi connectivity index (χ3v) is 4.97. The molecule has 24 heavy (non-hydrogen) atoms. The molecule has 1 aromatic heterocycles. The number of halogens is 1. The zero-order valence-electron chi connectivity index (χ0n) is 13.5. The Hall–Kier alpha value is -2.21. The summed E-state index contributed by atoms with van der Waals surface area (Å²) in [5, 5.41) is 2.80. The SMILES string of the molecule is Cc1ccc(N2CC(C(=O)Nc3cc(C)c(Br)cn3)CC2=O)cc1. The quantitative estimate of drug-likeness (QED) is 0.876. The lowest BCUT2D eigenvalue weighted by Crippen LogP contribution is -2.28. The van der Waals surface area contributed by atoms with Crippen LogP contribution in [0.15, 0.2) is 41.0 Å². The maximum atomic E-state index is 12.4. The number of aryl methyl sites for hydroxylation is 2. The minimum atomic E-state index is -0.371. The van der Waals surface area contributed by atoms with Crippen molar-refractivity contribution in [1.82, 2.24) is 4.98 Å². The molecule has 1 aliphatic rings. The number of nitrogens with one attached hydrogen (secondary N) is 1. The summed E-state index contributed by atoms with van der Waals surface area (Å²) in [7, 11) is 0. The molecule has 124 valence electrons. The molecule has 1 unspecified atom stereocenters. The Morgan fingerprint density at radius 3 is 2.67 bits per heavy atom. The first-order valence-corrected chi connectivity index (χ1v) is 8.53. The lowest BCUT2D eigenvalue weighted by atomic mass is 10.1. The number of anilines is 2. The highest BCUT2D eigenvalue weighted by Gasteiger charge is 2.35. The molecule has 1 aromatic carbocycles. The number of amides is 2. The van der Waals surface area contributed by atoms with E-state index in [-0.39, 0.29) is 24.2 Å². The first-order valence-electron chi connectivity index (χ1n) is 7.74. The summed E-state index contributed by atoms with van der Waals surface area (Å²) in [6.45, 7) is 4.32.